The van der Waals surface area contributed by atoms with Gasteiger partial charge in [-0.15, -0.1) is 0 Å². The standard InChI is InChI=1S/C19H23N7O2/c1-24(2)19(28)17-12-11-21-25(3)14(12)8-10-26(17)16(27)7-6-15-22-13-5-4-9-20-18(13)23-15/h4-5,9,11,17H,6-8,10H2,1-3H3,(H,20,22,23). The van der Waals surface area contributed by atoms with E-state index in [0.29, 0.717) is 25.0 Å². The Balaban J connectivity index is 1.54. The molecule has 9 nitrogen and oxygen atoms in total. The number of rotatable bonds is 4. The molecule has 0 saturated heterocycles. The zero-order valence-electron chi connectivity index (χ0n) is 16.2. The Bertz CT molecular complexity index is 1000. The average Bonchev–Trinajstić information content (AvgIpc) is 3.28. The lowest BCUT2D eigenvalue weighted by molar-refractivity contribution is -0.145. The Morgan fingerprint density at radius 1 is 1.36 bits per heavy atom. The SMILES string of the molecule is CN(C)C(=O)C1c2cnn(C)c2CCN1C(=O)CCc1nc2ncccc2[nH]1. The van der Waals surface area contributed by atoms with Gasteiger partial charge in [-0.1, -0.05) is 0 Å². The molecule has 0 spiro atoms. The van der Waals surface area contributed by atoms with Crippen LogP contribution in [0, 0.1) is 0 Å². The molecule has 1 N–H and O–H groups in total. The summed E-state index contributed by atoms with van der Waals surface area (Å²) in [5.41, 5.74) is 3.31. The molecule has 1 atom stereocenters. The van der Waals surface area contributed by atoms with Crippen molar-refractivity contribution >= 4 is 23.0 Å². The number of aromatic amines is 1. The van der Waals surface area contributed by atoms with E-state index in [1.54, 1.807) is 36.1 Å². The number of aryl methyl sites for hydroxylation is 2. The number of pyridine rings is 1. The number of carbonyl (C=O) groups excluding carboxylic acids is 2. The molecule has 0 aliphatic carbocycles. The first-order valence-corrected chi connectivity index (χ1v) is 9.26. The van der Waals surface area contributed by atoms with Crippen molar-refractivity contribution in [3.05, 3.63) is 41.6 Å². The van der Waals surface area contributed by atoms with Crippen LogP contribution in [0.25, 0.3) is 11.2 Å². The van der Waals surface area contributed by atoms with E-state index in [0.717, 1.165) is 22.6 Å². The van der Waals surface area contributed by atoms with Crippen molar-refractivity contribution in [2.75, 3.05) is 20.6 Å². The van der Waals surface area contributed by atoms with E-state index in [1.807, 2.05) is 19.2 Å². The van der Waals surface area contributed by atoms with Crippen LogP contribution in [-0.2, 0) is 29.5 Å². The summed E-state index contributed by atoms with van der Waals surface area (Å²) < 4.78 is 1.79. The number of nitrogens with one attached hydrogen (secondary N) is 1. The predicted molar refractivity (Wildman–Crippen MR) is 102 cm³/mol. The topological polar surface area (TPSA) is 100 Å². The number of nitrogens with zero attached hydrogens (tertiary/aromatic N) is 6. The first-order valence-electron chi connectivity index (χ1n) is 9.26. The lowest BCUT2D eigenvalue weighted by Gasteiger charge is -2.36. The predicted octanol–water partition coefficient (Wildman–Crippen LogP) is 0.838. The zero-order valence-corrected chi connectivity index (χ0v) is 16.2. The van der Waals surface area contributed by atoms with Gasteiger partial charge in [0.05, 0.1) is 11.7 Å². The molecule has 4 heterocycles. The van der Waals surface area contributed by atoms with Crippen LogP contribution in [0.15, 0.2) is 24.5 Å². The Morgan fingerprint density at radius 3 is 2.93 bits per heavy atom. The van der Waals surface area contributed by atoms with Crippen LogP contribution in [0.1, 0.15) is 29.5 Å². The van der Waals surface area contributed by atoms with E-state index in [1.165, 1.54) is 4.90 Å². The smallest absolute Gasteiger partial charge is 0.249 e. The molecule has 4 rings (SSSR count). The molecule has 146 valence electrons. The number of aromatic nitrogens is 5. The maximum atomic E-state index is 13.0. The quantitative estimate of drug-likeness (QED) is 0.722. The molecule has 1 aliphatic heterocycles. The Morgan fingerprint density at radius 2 is 2.18 bits per heavy atom. The number of fused-ring (bicyclic) bond motifs is 2. The minimum absolute atomic E-state index is 0.0666. The first-order chi connectivity index (χ1) is 13.5. The van der Waals surface area contributed by atoms with Crippen molar-refractivity contribution in [3.63, 3.8) is 0 Å². The number of likely N-dealkylation sites (N-methyl/N-ethyl adjacent to an activating group) is 1. The lowest BCUT2D eigenvalue weighted by atomic mass is 9.97. The molecule has 0 aromatic carbocycles. The average molecular weight is 381 g/mol. The van der Waals surface area contributed by atoms with Gasteiger partial charge < -0.3 is 14.8 Å². The second-order valence-electron chi connectivity index (χ2n) is 7.20. The van der Waals surface area contributed by atoms with Crippen molar-refractivity contribution in [2.24, 2.45) is 7.05 Å². The fraction of sp³-hybridized carbons (Fsp3) is 0.421. The van der Waals surface area contributed by atoms with E-state index in [2.05, 4.69) is 20.1 Å². The summed E-state index contributed by atoms with van der Waals surface area (Å²) in [5.74, 6) is 0.537. The number of amides is 2. The maximum Gasteiger partial charge on any atom is 0.249 e. The number of imidazole rings is 1. The summed E-state index contributed by atoms with van der Waals surface area (Å²) in [7, 11) is 5.27. The summed E-state index contributed by atoms with van der Waals surface area (Å²) in [6.45, 7) is 0.497. The highest BCUT2D eigenvalue weighted by Crippen LogP contribution is 2.31. The minimum atomic E-state index is -0.628. The molecule has 0 radical (unpaired) electrons. The van der Waals surface area contributed by atoms with Crippen LogP contribution in [0.5, 0.6) is 0 Å². The third-order valence-electron chi connectivity index (χ3n) is 5.17. The Kier molecular flexibility index (Phi) is 4.58. The minimum Gasteiger partial charge on any atom is -0.347 e. The lowest BCUT2D eigenvalue weighted by Crippen LogP contribution is -2.47. The van der Waals surface area contributed by atoms with Gasteiger partial charge in [-0.3, -0.25) is 14.3 Å². The highest BCUT2D eigenvalue weighted by Gasteiger charge is 2.38. The molecule has 1 unspecified atom stereocenters. The summed E-state index contributed by atoms with van der Waals surface area (Å²) in [6.07, 6.45) is 4.81. The van der Waals surface area contributed by atoms with Crippen molar-refractivity contribution in [3.8, 4) is 0 Å². The van der Waals surface area contributed by atoms with Gasteiger partial charge in [0.1, 0.15) is 11.9 Å². The van der Waals surface area contributed by atoms with Gasteiger partial charge in [-0.25, -0.2) is 9.97 Å². The third-order valence-corrected chi connectivity index (χ3v) is 5.17. The molecule has 3 aromatic heterocycles. The van der Waals surface area contributed by atoms with Crippen LogP contribution in [0.4, 0.5) is 0 Å². The second-order valence-corrected chi connectivity index (χ2v) is 7.20. The van der Waals surface area contributed by atoms with E-state index in [9.17, 15) is 9.59 Å². The van der Waals surface area contributed by atoms with Crippen LogP contribution in [0.2, 0.25) is 0 Å². The van der Waals surface area contributed by atoms with Crippen molar-refractivity contribution in [1.82, 2.24) is 34.5 Å². The van der Waals surface area contributed by atoms with Crippen LogP contribution >= 0.6 is 0 Å². The first kappa shape index (κ1) is 18.1. The molecular weight excluding hydrogens is 358 g/mol. The largest absolute Gasteiger partial charge is 0.347 e. The fourth-order valence-corrected chi connectivity index (χ4v) is 3.70. The fourth-order valence-electron chi connectivity index (χ4n) is 3.70. The monoisotopic (exact) mass is 381 g/mol. The highest BCUT2D eigenvalue weighted by atomic mass is 16.2. The highest BCUT2D eigenvalue weighted by molar-refractivity contribution is 5.89. The summed E-state index contributed by atoms with van der Waals surface area (Å²) >= 11 is 0. The molecule has 9 heteroatoms. The number of carbonyl (C=O) groups is 2. The second kappa shape index (κ2) is 7.06. The zero-order chi connectivity index (χ0) is 19.8. The van der Waals surface area contributed by atoms with E-state index in [4.69, 9.17) is 0 Å². The van der Waals surface area contributed by atoms with Crippen LogP contribution in [0.3, 0.4) is 0 Å². The summed E-state index contributed by atoms with van der Waals surface area (Å²) in [5, 5.41) is 4.29. The molecule has 1 aliphatic rings. The van der Waals surface area contributed by atoms with Gasteiger partial charge in [0.2, 0.25) is 11.8 Å². The molecule has 0 bridgehead atoms. The van der Waals surface area contributed by atoms with Crippen molar-refractivity contribution in [1.29, 1.82) is 0 Å². The van der Waals surface area contributed by atoms with Crippen molar-refractivity contribution < 1.29 is 9.59 Å². The Hall–Kier alpha value is -3.23. The Labute approximate surface area is 162 Å². The van der Waals surface area contributed by atoms with Gasteiger partial charge in [-0.2, -0.15) is 5.10 Å². The van der Waals surface area contributed by atoms with Gasteiger partial charge in [0, 0.05) is 64.4 Å². The van der Waals surface area contributed by atoms with Gasteiger partial charge in [0.15, 0.2) is 5.65 Å². The summed E-state index contributed by atoms with van der Waals surface area (Å²) in [6, 6.07) is 3.12. The molecule has 28 heavy (non-hydrogen) atoms. The van der Waals surface area contributed by atoms with Crippen molar-refractivity contribution in [2.45, 2.75) is 25.3 Å². The van der Waals surface area contributed by atoms with Gasteiger partial charge in [0.25, 0.3) is 0 Å². The summed E-state index contributed by atoms with van der Waals surface area (Å²) in [4.78, 5) is 40.9. The van der Waals surface area contributed by atoms with E-state index >= 15 is 0 Å². The maximum absolute atomic E-state index is 13.0. The molecular formula is C19H23N7O2. The van der Waals surface area contributed by atoms with E-state index in [-0.39, 0.29) is 18.2 Å². The molecule has 0 fully saturated rings. The molecule has 2 amide bonds. The van der Waals surface area contributed by atoms with Gasteiger partial charge in [-0.05, 0) is 12.1 Å². The van der Waals surface area contributed by atoms with Gasteiger partial charge >= 0.3 is 0 Å². The molecule has 0 saturated carbocycles. The number of hydrogen-bond acceptors (Lipinski definition) is 5. The normalized spacial score (nSPS) is 16.2. The molecule has 3 aromatic rings. The van der Waals surface area contributed by atoms with E-state index < -0.39 is 6.04 Å². The third kappa shape index (κ3) is 3.12. The number of H-pyrrole nitrogens is 1. The van der Waals surface area contributed by atoms with Crippen LogP contribution in [-0.4, -0.2) is 67.0 Å². The number of hydrogen-bond donors (Lipinski definition) is 1. The van der Waals surface area contributed by atoms with Crippen LogP contribution < -0.4 is 0 Å².